The van der Waals surface area contributed by atoms with Crippen LogP contribution in [0.3, 0.4) is 0 Å². The van der Waals surface area contributed by atoms with Crippen molar-refractivity contribution in [1.82, 2.24) is 10.0 Å². The van der Waals surface area contributed by atoms with Gasteiger partial charge in [-0.1, -0.05) is 0 Å². The maximum Gasteiger partial charge on any atom is 0.240 e. The summed E-state index contributed by atoms with van der Waals surface area (Å²) in [6.07, 6.45) is 3.88. The van der Waals surface area contributed by atoms with Crippen LogP contribution in [0.1, 0.15) is 31.7 Å². The predicted molar refractivity (Wildman–Crippen MR) is 93.6 cm³/mol. The summed E-state index contributed by atoms with van der Waals surface area (Å²) in [4.78, 5) is 13.5. The molecule has 1 amide bonds. The molecule has 6 nitrogen and oxygen atoms in total. The second-order valence-electron chi connectivity index (χ2n) is 6.61. The quantitative estimate of drug-likeness (QED) is 0.837. The van der Waals surface area contributed by atoms with Crippen LogP contribution in [-0.4, -0.2) is 40.5 Å². The highest BCUT2D eigenvalue weighted by Gasteiger charge is 2.24. The van der Waals surface area contributed by atoms with Crippen LogP contribution in [0.2, 0.25) is 0 Å². The van der Waals surface area contributed by atoms with Crippen molar-refractivity contribution in [3.8, 4) is 0 Å². The van der Waals surface area contributed by atoms with Crippen molar-refractivity contribution in [3.63, 3.8) is 0 Å². The van der Waals surface area contributed by atoms with Gasteiger partial charge < -0.3 is 10.2 Å². The Balaban J connectivity index is 1.63. The van der Waals surface area contributed by atoms with Gasteiger partial charge in [0.2, 0.25) is 15.9 Å². The Labute approximate surface area is 143 Å². The van der Waals surface area contributed by atoms with Crippen LogP contribution in [0.15, 0.2) is 23.1 Å². The van der Waals surface area contributed by atoms with E-state index in [1.807, 2.05) is 0 Å². The lowest BCUT2D eigenvalue weighted by atomic mass is 9.96. The summed E-state index contributed by atoms with van der Waals surface area (Å²) in [5, 5.41) is 3.35. The smallest absolute Gasteiger partial charge is 0.240 e. The van der Waals surface area contributed by atoms with Crippen molar-refractivity contribution < 1.29 is 13.2 Å². The number of carbonyl (C=O) groups excluding carboxylic acids is 1. The topological polar surface area (TPSA) is 78.5 Å². The number of benzene rings is 1. The van der Waals surface area contributed by atoms with Crippen LogP contribution in [0.25, 0.3) is 0 Å². The van der Waals surface area contributed by atoms with E-state index in [0.717, 1.165) is 43.6 Å². The van der Waals surface area contributed by atoms with Gasteiger partial charge in [0.15, 0.2) is 0 Å². The van der Waals surface area contributed by atoms with Crippen molar-refractivity contribution in [2.75, 3.05) is 31.1 Å². The highest BCUT2D eigenvalue weighted by Crippen LogP contribution is 2.30. The van der Waals surface area contributed by atoms with E-state index in [1.165, 1.54) is 6.92 Å². The van der Waals surface area contributed by atoms with Crippen molar-refractivity contribution >= 4 is 21.6 Å². The zero-order chi connectivity index (χ0) is 17.2. The molecule has 3 rings (SSSR count). The molecule has 0 radical (unpaired) electrons. The predicted octanol–water partition coefficient (Wildman–Crippen LogP) is 1.26. The molecule has 1 saturated heterocycles. The van der Waals surface area contributed by atoms with Gasteiger partial charge in [-0.25, -0.2) is 13.1 Å². The van der Waals surface area contributed by atoms with Crippen LogP contribution in [0.5, 0.6) is 0 Å². The number of piperidine rings is 1. The van der Waals surface area contributed by atoms with Crippen LogP contribution >= 0.6 is 0 Å². The van der Waals surface area contributed by atoms with Gasteiger partial charge in [0.1, 0.15) is 0 Å². The Morgan fingerprint density at radius 3 is 2.96 bits per heavy atom. The molecule has 2 heterocycles. The largest absolute Gasteiger partial charge is 0.316 e. The van der Waals surface area contributed by atoms with Crippen molar-refractivity contribution in [2.45, 2.75) is 37.5 Å². The molecule has 0 bridgehead atoms. The maximum atomic E-state index is 12.5. The summed E-state index contributed by atoms with van der Waals surface area (Å²) in [5.41, 5.74) is 1.75. The third-order valence-corrected chi connectivity index (χ3v) is 6.34. The molecule has 1 unspecified atom stereocenters. The summed E-state index contributed by atoms with van der Waals surface area (Å²) >= 11 is 0. The van der Waals surface area contributed by atoms with E-state index in [4.69, 9.17) is 0 Å². The number of amides is 1. The van der Waals surface area contributed by atoms with Gasteiger partial charge in [-0.3, -0.25) is 4.79 Å². The molecule has 0 aromatic heterocycles. The third-order valence-electron chi connectivity index (χ3n) is 4.88. The normalized spacial score (nSPS) is 20.9. The highest BCUT2D eigenvalue weighted by atomic mass is 32.2. The number of sulfonamides is 1. The first-order valence-electron chi connectivity index (χ1n) is 8.59. The van der Waals surface area contributed by atoms with Gasteiger partial charge in [0.25, 0.3) is 0 Å². The fourth-order valence-electron chi connectivity index (χ4n) is 3.52. The molecule has 0 spiro atoms. The van der Waals surface area contributed by atoms with E-state index < -0.39 is 10.0 Å². The second-order valence-corrected chi connectivity index (χ2v) is 8.38. The van der Waals surface area contributed by atoms with E-state index in [2.05, 4.69) is 10.0 Å². The molecule has 2 aliphatic rings. The Bertz CT molecular complexity index is 712. The fraction of sp³-hybridized carbons (Fsp3) is 0.588. The molecule has 1 atom stereocenters. The third kappa shape index (κ3) is 3.79. The van der Waals surface area contributed by atoms with E-state index >= 15 is 0 Å². The Hall–Kier alpha value is -1.44. The average Bonchev–Trinajstić information content (AvgIpc) is 2.99. The molecule has 132 valence electrons. The lowest BCUT2D eigenvalue weighted by Gasteiger charge is -2.22. The van der Waals surface area contributed by atoms with Gasteiger partial charge in [-0.15, -0.1) is 0 Å². The second kappa shape index (κ2) is 7.21. The number of anilines is 1. The zero-order valence-electron chi connectivity index (χ0n) is 14.0. The van der Waals surface area contributed by atoms with E-state index in [-0.39, 0.29) is 10.8 Å². The number of nitrogens with zero attached hydrogens (tertiary/aromatic N) is 1. The van der Waals surface area contributed by atoms with E-state index in [1.54, 1.807) is 23.1 Å². The Kier molecular flexibility index (Phi) is 5.22. The number of rotatable bonds is 5. The van der Waals surface area contributed by atoms with Gasteiger partial charge in [0.05, 0.1) is 4.90 Å². The van der Waals surface area contributed by atoms with E-state index in [0.29, 0.717) is 25.4 Å². The molecule has 24 heavy (non-hydrogen) atoms. The molecule has 0 saturated carbocycles. The van der Waals surface area contributed by atoms with Crippen LogP contribution < -0.4 is 14.9 Å². The summed E-state index contributed by atoms with van der Waals surface area (Å²) in [6, 6.07) is 5.02. The lowest BCUT2D eigenvalue weighted by Crippen LogP contribution is -2.33. The fourth-order valence-corrected chi connectivity index (χ4v) is 4.62. The Morgan fingerprint density at radius 2 is 2.25 bits per heavy atom. The minimum absolute atomic E-state index is 0.0106. The van der Waals surface area contributed by atoms with Gasteiger partial charge in [-0.2, -0.15) is 0 Å². The monoisotopic (exact) mass is 351 g/mol. The number of fused-ring (bicyclic) bond motifs is 1. The number of nitrogens with one attached hydrogen (secondary N) is 2. The highest BCUT2D eigenvalue weighted by molar-refractivity contribution is 7.89. The molecule has 2 aliphatic heterocycles. The van der Waals surface area contributed by atoms with Crippen molar-refractivity contribution in [2.24, 2.45) is 5.92 Å². The minimum Gasteiger partial charge on any atom is -0.316 e. The van der Waals surface area contributed by atoms with Gasteiger partial charge >= 0.3 is 0 Å². The standard InChI is InChI=1S/C17H25N3O3S/c1-13(21)20-10-7-15-11-16(4-5-17(15)20)24(22,23)19-9-6-14-3-2-8-18-12-14/h4-5,11,14,18-19H,2-3,6-10,12H2,1H3. The van der Waals surface area contributed by atoms with Gasteiger partial charge in [0, 0.05) is 25.7 Å². The molecule has 1 aromatic rings. The average molecular weight is 351 g/mol. The Morgan fingerprint density at radius 1 is 1.42 bits per heavy atom. The number of hydrogen-bond donors (Lipinski definition) is 2. The van der Waals surface area contributed by atoms with E-state index in [9.17, 15) is 13.2 Å². The van der Waals surface area contributed by atoms with Crippen molar-refractivity contribution in [1.29, 1.82) is 0 Å². The maximum absolute atomic E-state index is 12.5. The van der Waals surface area contributed by atoms with Crippen LogP contribution in [0, 0.1) is 5.92 Å². The first-order chi connectivity index (χ1) is 11.5. The molecular formula is C17H25N3O3S. The first-order valence-corrected chi connectivity index (χ1v) is 10.1. The van der Waals surface area contributed by atoms with Crippen LogP contribution in [0.4, 0.5) is 5.69 Å². The molecule has 0 aliphatic carbocycles. The molecule has 1 aromatic carbocycles. The van der Waals surface area contributed by atoms with Crippen molar-refractivity contribution in [3.05, 3.63) is 23.8 Å². The zero-order valence-corrected chi connectivity index (χ0v) is 14.9. The summed E-state index contributed by atoms with van der Waals surface area (Å²) in [7, 11) is -3.49. The molecule has 7 heteroatoms. The molecule has 1 fully saturated rings. The number of hydrogen-bond acceptors (Lipinski definition) is 4. The molecule has 2 N–H and O–H groups in total. The first kappa shape index (κ1) is 17.4. The number of carbonyl (C=O) groups is 1. The summed E-state index contributed by atoms with van der Waals surface area (Å²) < 4.78 is 27.7. The SMILES string of the molecule is CC(=O)N1CCc2cc(S(=O)(=O)NCCC3CCCNC3)ccc21. The minimum atomic E-state index is -3.49. The summed E-state index contributed by atoms with van der Waals surface area (Å²) in [6.45, 7) is 4.65. The molecular weight excluding hydrogens is 326 g/mol. The lowest BCUT2D eigenvalue weighted by molar-refractivity contribution is -0.116. The summed E-state index contributed by atoms with van der Waals surface area (Å²) in [5.74, 6) is 0.536. The van der Waals surface area contributed by atoms with Gasteiger partial charge in [-0.05, 0) is 68.5 Å². The van der Waals surface area contributed by atoms with Crippen LogP contribution in [-0.2, 0) is 21.2 Å².